The molecule has 8 heteroatoms. The number of hydrogen-bond acceptors (Lipinski definition) is 6. The van der Waals surface area contributed by atoms with Crippen molar-refractivity contribution in [1.82, 2.24) is 0 Å². The molecule has 4 aromatic carbocycles. The summed E-state index contributed by atoms with van der Waals surface area (Å²) in [5, 5.41) is 21.5. The van der Waals surface area contributed by atoms with Gasteiger partial charge in [-0.1, -0.05) is 161 Å². The van der Waals surface area contributed by atoms with Crippen molar-refractivity contribution in [3.8, 4) is 0 Å². The van der Waals surface area contributed by atoms with Crippen molar-refractivity contribution in [2.24, 2.45) is 0 Å². The number of hydrogen-bond donors (Lipinski definition) is 2. The number of aliphatic hydroxyl groups is 2. The minimum absolute atomic E-state index is 0.188. The number of benzene rings is 4. The quantitative estimate of drug-likeness (QED) is 0.0616. The van der Waals surface area contributed by atoms with Crippen LogP contribution >= 0.6 is 0 Å². The van der Waals surface area contributed by atoms with Crippen LogP contribution < -0.4 is 0 Å². The van der Waals surface area contributed by atoms with Gasteiger partial charge in [-0.25, -0.2) is 0 Å². The summed E-state index contributed by atoms with van der Waals surface area (Å²) < 4.78 is 23.1. The van der Waals surface area contributed by atoms with Crippen molar-refractivity contribution < 1.29 is 29.2 Å². The van der Waals surface area contributed by atoms with E-state index in [9.17, 15) is 10.2 Å². The first-order valence-corrected chi connectivity index (χ1v) is 24.3. The lowest BCUT2D eigenvalue weighted by atomic mass is 9.98. The van der Waals surface area contributed by atoms with Crippen LogP contribution in [0.25, 0.3) is 0 Å². The van der Waals surface area contributed by atoms with Gasteiger partial charge in [0.15, 0.2) is 0 Å². The highest BCUT2D eigenvalue weighted by molar-refractivity contribution is 6.76. The van der Waals surface area contributed by atoms with Gasteiger partial charge in [0.05, 0.1) is 0 Å². The van der Waals surface area contributed by atoms with Crippen molar-refractivity contribution in [2.75, 3.05) is 26.8 Å². The van der Waals surface area contributed by atoms with E-state index in [2.05, 4.69) is 39.3 Å². The van der Waals surface area contributed by atoms with Gasteiger partial charge in [-0.15, -0.1) is 0 Å². The Balaban J connectivity index is 0.000000260. The van der Waals surface area contributed by atoms with E-state index in [0.717, 1.165) is 34.3 Å². The number of ether oxygens (including phenoxy) is 4. The predicted molar refractivity (Wildman–Crippen MR) is 201 cm³/mol. The second kappa shape index (κ2) is 20.6. The van der Waals surface area contributed by atoms with Crippen molar-refractivity contribution in [1.29, 1.82) is 0 Å². The fourth-order valence-electron chi connectivity index (χ4n) is 4.79. The molecule has 4 atom stereocenters. The largest absolute Gasteiger partial charge is 0.385 e. The Hall–Kier alpha value is -2.93. The Morgan fingerprint density at radius 2 is 0.708 bits per heavy atom. The molecule has 260 valence electrons. The lowest BCUT2D eigenvalue weighted by molar-refractivity contribution is -0.126. The number of rotatable bonds is 18. The molecule has 0 aliphatic rings. The van der Waals surface area contributed by atoms with Crippen LogP contribution in [0.5, 0.6) is 0 Å². The average Bonchev–Trinajstić information content (AvgIpc) is 3.08. The molecule has 4 rings (SSSR count). The minimum Gasteiger partial charge on any atom is -0.385 e. The monoisotopic (exact) mass is 688 g/mol. The lowest BCUT2D eigenvalue weighted by Crippen LogP contribution is -2.22. The summed E-state index contributed by atoms with van der Waals surface area (Å²) in [4.78, 5) is 0. The molecular weight excluding hydrogens is 633 g/mol. The molecule has 48 heavy (non-hydrogen) atoms. The van der Waals surface area contributed by atoms with E-state index < -0.39 is 40.6 Å². The average molecular weight is 689 g/mol. The summed E-state index contributed by atoms with van der Waals surface area (Å²) in [5.41, 5.74) is 3.58. The van der Waals surface area contributed by atoms with Crippen molar-refractivity contribution in [3.63, 3.8) is 0 Å². The van der Waals surface area contributed by atoms with Crippen LogP contribution in [-0.4, -0.2) is 53.2 Å². The maximum atomic E-state index is 10.7. The zero-order chi connectivity index (χ0) is 34.8. The van der Waals surface area contributed by atoms with Gasteiger partial charge in [-0.05, 0) is 34.3 Å². The summed E-state index contributed by atoms with van der Waals surface area (Å²) in [6, 6.07) is 41.0. The Kier molecular flexibility index (Phi) is 16.9. The molecule has 0 aliphatic heterocycles. The van der Waals surface area contributed by atoms with E-state index in [1.807, 2.05) is 121 Å². The van der Waals surface area contributed by atoms with Gasteiger partial charge in [0, 0.05) is 29.4 Å². The summed E-state index contributed by atoms with van der Waals surface area (Å²) in [6.45, 7) is 15.7. The van der Waals surface area contributed by atoms with Crippen LogP contribution in [0.1, 0.15) is 46.7 Å². The van der Waals surface area contributed by atoms with Crippen LogP contribution in [0.3, 0.4) is 0 Å². The molecule has 0 amide bonds. The van der Waals surface area contributed by atoms with Gasteiger partial charge >= 0.3 is 0 Å². The molecule has 0 fully saturated rings. The van der Waals surface area contributed by atoms with E-state index in [0.29, 0.717) is 13.2 Å². The summed E-state index contributed by atoms with van der Waals surface area (Å²) in [6.07, 6.45) is -2.34. The lowest BCUT2D eigenvalue weighted by Gasteiger charge is -2.24. The fourth-order valence-corrected chi connectivity index (χ4v) is 6.31. The van der Waals surface area contributed by atoms with Crippen LogP contribution in [0.15, 0.2) is 121 Å². The van der Waals surface area contributed by atoms with Crippen molar-refractivity contribution >= 4 is 16.1 Å². The molecule has 0 spiro atoms. The fraction of sp³-hybridized carbons (Fsp3) is 0.400. The maximum Gasteiger partial charge on any atom is 0.147 e. The normalized spacial score (nSPS) is 14.3. The third kappa shape index (κ3) is 15.1. The van der Waals surface area contributed by atoms with Gasteiger partial charge in [-0.2, -0.15) is 0 Å². The number of aliphatic hydroxyl groups excluding tert-OH is 2. The standard InChI is InChI=1S/2C20H28O3Si/c2*1-24(2,3)15-14-22-16-23-20(18-12-8-5-9-13-18)19(21)17-10-6-4-7-11-17/h2*4-13,19-21H,14-16H2,1-3H3/t19-,20+;19-,20-/m10/s1. The van der Waals surface area contributed by atoms with E-state index in [4.69, 9.17) is 18.9 Å². The second-order valence-electron chi connectivity index (χ2n) is 14.4. The Morgan fingerprint density at radius 3 is 0.979 bits per heavy atom. The molecule has 0 unspecified atom stereocenters. The zero-order valence-electron chi connectivity index (χ0n) is 29.6. The van der Waals surface area contributed by atoms with Crippen molar-refractivity contribution in [2.45, 2.75) is 75.8 Å². The smallest absolute Gasteiger partial charge is 0.147 e. The molecule has 6 nitrogen and oxygen atoms in total. The highest BCUT2D eigenvalue weighted by Crippen LogP contribution is 2.33. The first kappa shape index (κ1) is 39.5. The van der Waals surface area contributed by atoms with E-state index in [-0.39, 0.29) is 13.6 Å². The molecule has 0 bridgehead atoms. The van der Waals surface area contributed by atoms with Gasteiger partial charge in [0.2, 0.25) is 0 Å². The van der Waals surface area contributed by atoms with Gasteiger partial charge < -0.3 is 29.2 Å². The Labute approximate surface area is 290 Å². The third-order valence-electron chi connectivity index (χ3n) is 7.77. The maximum absolute atomic E-state index is 10.7. The Morgan fingerprint density at radius 1 is 0.438 bits per heavy atom. The topological polar surface area (TPSA) is 77.4 Å². The highest BCUT2D eigenvalue weighted by atomic mass is 28.3. The molecule has 0 saturated carbocycles. The minimum atomic E-state index is -1.10. The summed E-state index contributed by atoms with van der Waals surface area (Å²) in [7, 11) is -2.21. The van der Waals surface area contributed by atoms with Crippen LogP contribution in [0, 0.1) is 0 Å². The van der Waals surface area contributed by atoms with Gasteiger partial charge in [0.25, 0.3) is 0 Å². The first-order valence-electron chi connectivity index (χ1n) is 16.9. The molecule has 0 saturated heterocycles. The molecular formula is C40H56O6Si2. The third-order valence-corrected chi connectivity index (χ3v) is 11.2. The highest BCUT2D eigenvalue weighted by Gasteiger charge is 2.25. The molecule has 2 N–H and O–H groups in total. The van der Waals surface area contributed by atoms with Crippen LogP contribution in [0.4, 0.5) is 0 Å². The molecule has 4 aromatic rings. The summed E-state index contributed by atoms with van der Waals surface area (Å²) >= 11 is 0. The van der Waals surface area contributed by atoms with E-state index in [1.54, 1.807) is 0 Å². The molecule has 0 heterocycles. The Bertz CT molecular complexity index is 1270. The van der Waals surface area contributed by atoms with Gasteiger partial charge in [-0.3, -0.25) is 0 Å². The van der Waals surface area contributed by atoms with Gasteiger partial charge in [0.1, 0.15) is 38.0 Å². The molecule has 0 radical (unpaired) electrons. The zero-order valence-corrected chi connectivity index (χ0v) is 31.6. The summed E-state index contributed by atoms with van der Waals surface area (Å²) in [5.74, 6) is 0. The SMILES string of the molecule is C[Si](C)(C)CCOCO[C@@H](c1ccccc1)[C@@H](O)c1ccccc1.C[Si](C)(C)CCOCO[C@@H](c1ccccc1)[C@H](O)c1ccccc1. The van der Waals surface area contributed by atoms with Crippen LogP contribution in [0.2, 0.25) is 51.4 Å². The predicted octanol–water partition coefficient (Wildman–Crippen LogP) is 9.58. The molecule has 0 aliphatic carbocycles. The van der Waals surface area contributed by atoms with E-state index in [1.165, 1.54) is 0 Å². The van der Waals surface area contributed by atoms with Crippen LogP contribution in [-0.2, 0) is 18.9 Å². The van der Waals surface area contributed by atoms with Crippen molar-refractivity contribution in [3.05, 3.63) is 144 Å². The van der Waals surface area contributed by atoms with E-state index >= 15 is 0 Å². The molecule has 0 aromatic heterocycles. The first-order chi connectivity index (χ1) is 22.9. The second-order valence-corrected chi connectivity index (χ2v) is 25.6.